The molecule has 1 aliphatic rings. The standard InChI is InChI=1S/C32H40N6O3/c1-37-23-28(26-11-2-3-12-29(26)37)36-27(32(39)40)16-20-38(21-22-41-30-13-4-6-17-33-30)19-7-5-10-25-15-14-24-9-8-18-34-31(24)35-25/h2-4,6,11-15,17,23,27,36H,5,7-10,16,18-22H2,1H3,(H,34,35)(H,39,40)/t27-/m0/s1. The van der Waals surface area contributed by atoms with Crippen LogP contribution in [0.25, 0.3) is 10.9 Å². The molecule has 3 aromatic heterocycles. The SMILES string of the molecule is Cn1cc(N[C@@H](CCN(CCCCc2ccc3c(n2)NCCC3)CCOc2ccccn2)C(=O)O)c2ccccc21. The molecule has 0 amide bonds. The molecular weight excluding hydrogens is 516 g/mol. The maximum Gasteiger partial charge on any atom is 0.326 e. The van der Waals surface area contributed by atoms with Crippen molar-refractivity contribution in [1.29, 1.82) is 0 Å². The van der Waals surface area contributed by atoms with E-state index in [0.29, 0.717) is 32.0 Å². The number of aliphatic carboxylic acids is 1. The van der Waals surface area contributed by atoms with E-state index in [0.717, 1.165) is 73.3 Å². The van der Waals surface area contributed by atoms with E-state index in [1.54, 1.807) is 6.20 Å². The quantitative estimate of drug-likeness (QED) is 0.176. The molecule has 0 aliphatic carbocycles. The molecule has 0 fully saturated rings. The molecule has 9 heteroatoms. The van der Waals surface area contributed by atoms with Gasteiger partial charge >= 0.3 is 5.97 Å². The second-order valence-electron chi connectivity index (χ2n) is 10.7. The van der Waals surface area contributed by atoms with Crippen LogP contribution in [0.1, 0.15) is 36.9 Å². The first-order valence-corrected chi connectivity index (χ1v) is 14.6. The van der Waals surface area contributed by atoms with E-state index < -0.39 is 12.0 Å². The molecule has 0 saturated heterocycles. The molecule has 1 aromatic carbocycles. The normalized spacial score (nSPS) is 13.5. The average Bonchev–Trinajstić information content (AvgIpc) is 3.32. The highest BCUT2D eigenvalue weighted by atomic mass is 16.5. The number of carbonyl (C=O) groups is 1. The summed E-state index contributed by atoms with van der Waals surface area (Å²) >= 11 is 0. The molecule has 1 atom stereocenters. The molecule has 0 radical (unpaired) electrons. The number of carboxylic acids is 1. The lowest BCUT2D eigenvalue weighted by Crippen LogP contribution is -2.37. The Hall–Kier alpha value is -4.11. The van der Waals surface area contributed by atoms with Gasteiger partial charge in [0.2, 0.25) is 5.88 Å². The van der Waals surface area contributed by atoms with Crippen LogP contribution in [0, 0.1) is 0 Å². The number of unbranched alkanes of at least 4 members (excludes halogenated alkanes) is 1. The third kappa shape index (κ3) is 7.76. The number of hydrogen-bond acceptors (Lipinski definition) is 7. The molecule has 0 unspecified atom stereocenters. The minimum Gasteiger partial charge on any atom is -0.480 e. The number of pyridine rings is 2. The van der Waals surface area contributed by atoms with Gasteiger partial charge in [-0.05, 0) is 68.8 Å². The largest absolute Gasteiger partial charge is 0.480 e. The number of ether oxygens (including phenoxy) is 1. The van der Waals surface area contributed by atoms with Gasteiger partial charge in [-0.25, -0.2) is 14.8 Å². The molecule has 41 heavy (non-hydrogen) atoms. The minimum atomic E-state index is -0.852. The number of anilines is 2. The number of hydrogen-bond donors (Lipinski definition) is 3. The van der Waals surface area contributed by atoms with E-state index in [2.05, 4.69) is 32.7 Å². The van der Waals surface area contributed by atoms with Gasteiger partial charge in [0.25, 0.3) is 0 Å². The van der Waals surface area contributed by atoms with Crippen LogP contribution in [0.15, 0.2) is 67.0 Å². The van der Waals surface area contributed by atoms with Gasteiger partial charge in [0.15, 0.2) is 0 Å². The van der Waals surface area contributed by atoms with Crippen LogP contribution in [0.4, 0.5) is 11.5 Å². The molecule has 3 N–H and O–H groups in total. The van der Waals surface area contributed by atoms with Crippen molar-refractivity contribution in [3.05, 3.63) is 78.2 Å². The summed E-state index contributed by atoms with van der Waals surface area (Å²) in [5.74, 6) is 0.788. The summed E-state index contributed by atoms with van der Waals surface area (Å²) in [6, 6.07) is 17.3. The van der Waals surface area contributed by atoms with Gasteiger partial charge < -0.3 is 25.0 Å². The topological polar surface area (TPSA) is 105 Å². The van der Waals surface area contributed by atoms with Crippen molar-refractivity contribution in [3.8, 4) is 5.88 Å². The van der Waals surface area contributed by atoms with Crippen molar-refractivity contribution >= 4 is 28.4 Å². The van der Waals surface area contributed by atoms with Crippen LogP contribution in [0.3, 0.4) is 0 Å². The van der Waals surface area contributed by atoms with Crippen LogP contribution in [-0.4, -0.2) is 69.3 Å². The Bertz CT molecular complexity index is 1420. The lowest BCUT2D eigenvalue weighted by Gasteiger charge is -2.24. The van der Waals surface area contributed by atoms with Crippen LogP contribution in [0.2, 0.25) is 0 Å². The molecule has 216 valence electrons. The van der Waals surface area contributed by atoms with Gasteiger partial charge in [-0.3, -0.25) is 4.90 Å². The van der Waals surface area contributed by atoms with Crippen LogP contribution >= 0.6 is 0 Å². The first-order chi connectivity index (χ1) is 20.1. The Labute approximate surface area is 241 Å². The number of para-hydroxylation sites is 1. The Kier molecular flexibility index (Phi) is 9.69. The number of carboxylic acid groups (broad SMARTS) is 1. The summed E-state index contributed by atoms with van der Waals surface area (Å²) in [7, 11) is 1.98. The molecule has 9 nitrogen and oxygen atoms in total. The van der Waals surface area contributed by atoms with Crippen LogP contribution < -0.4 is 15.4 Å². The summed E-state index contributed by atoms with van der Waals surface area (Å²) in [5, 5.41) is 17.8. The number of benzene rings is 1. The summed E-state index contributed by atoms with van der Waals surface area (Å²) in [5.41, 5.74) is 4.33. The number of fused-ring (bicyclic) bond motifs is 2. The van der Waals surface area contributed by atoms with Gasteiger partial charge in [0.1, 0.15) is 18.5 Å². The van der Waals surface area contributed by atoms with Gasteiger partial charge in [0, 0.05) is 61.7 Å². The van der Waals surface area contributed by atoms with Crippen LogP contribution in [0.5, 0.6) is 5.88 Å². The van der Waals surface area contributed by atoms with Gasteiger partial charge in [-0.2, -0.15) is 0 Å². The first kappa shape index (κ1) is 28.4. The summed E-state index contributed by atoms with van der Waals surface area (Å²) in [6.45, 7) is 3.67. The number of nitrogens with zero attached hydrogens (tertiary/aromatic N) is 4. The molecule has 0 spiro atoms. The fraction of sp³-hybridized carbons (Fsp3) is 0.406. The van der Waals surface area contributed by atoms with Crippen molar-refractivity contribution in [3.63, 3.8) is 0 Å². The second kappa shape index (κ2) is 14.0. The molecule has 1 aliphatic heterocycles. The van der Waals surface area contributed by atoms with Crippen LogP contribution in [-0.2, 0) is 24.7 Å². The van der Waals surface area contributed by atoms with Crippen molar-refractivity contribution in [2.75, 3.05) is 43.4 Å². The smallest absolute Gasteiger partial charge is 0.326 e. The fourth-order valence-electron chi connectivity index (χ4n) is 5.41. The first-order valence-electron chi connectivity index (χ1n) is 14.6. The Morgan fingerprint density at radius 1 is 1.12 bits per heavy atom. The van der Waals surface area contributed by atoms with Gasteiger partial charge in [-0.1, -0.05) is 30.3 Å². The van der Waals surface area contributed by atoms with Crippen molar-refractivity contribution in [1.82, 2.24) is 19.4 Å². The predicted octanol–water partition coefficient (Wildman–Crippen LogP) is 4.99. The molecule has 0 bridgehead atoms. The zero-order valence-corrected chi connectivity index (χ0v) is 23.8. The number of rotatable bonds is 15. The second-order valence-corrected chi connectivity index (χ2v) is 10.7. The highest BCUT2D eigenvalue weighted by Crippen LogP contribution is 2.26. The third-order valence-electron chi connectivity index (χ3n) is 7.66. The Morgan fingerprint density at radius 2 is 2.00 bits per heavy atom. The van der Waals surface area contributed by atoms with Crippen molar-refractivity contribution < 1.29 is 14.6 Å². The fourth-order valence-corrected chi connectivity index (χ4v) is 5.41. The third-order valence-corrected chi connectivity index (χ3v) is 7.66. The maximum absolute atomic E-state index is 12.2. The Morgan fingerprint density at radius 3 is 2.85 bits per heavy atom. The number of aromatic nitrogens is 3. The minimum absolute atomic E-state index is 0.472. The van der Waals surface area contributed by atoms with E-state index in [-0.39, 0.29) is 0 Å². The summed E-state index contributed by atoms with van der Waals surface area (Å²) in [6.07, 6.45) is 9.33. The lowest BCUT2D eigenvalue weighted by molar-refractivity contribution is -0.138. The molecule has 5 rings (SSSR count). The number of nitrogens with one attached hydrogen (secondary N) is 2. The zero-order valence-electron chi connectivity index (χ0n) is 23.8. The summed E-state index contributed by atoms with van der Waals surface area (Å²) < 4.78 is 7.88. The number of aryl methyl sites for hydroxylation is 3. The molecular formula is C32H40N6O3. The van der Waals surface area contributed by atoms with Gasteiger partial charge in [-0.15, -0.1) is 0 Å². The summed E-state index contributed by atoms with van der Waals surface area (Å²) in [4.78, 5) is 23.6. The van der Waals surface area contributed by atoms with E-state index >= 15 is 0 Å². The van der Waals surface area contributed by atoms with Crippen molar-refractivity contribution in [2.45, 2.75) is 44.6 Å². The maximum atomic E-state index is 12.2. The highest BCUT2D eigenvalue weighted by Gasteiger charge is 2.21. The van der Waals surface area contributed by atoms with E-state index in [1.165, 1.54) is 5.56 Å². The van der Waals surface area contributed by atoms with E-state index in [1.807, 2.05) is 60.3 Å². The molecule has 0 saturated carbocycles. The van der Waals surface area contributed by atoms with E-state index in [4.69, 9.17) is 9.72 Å². The van der Waals surface area contributed by atoms with Gasteiger partial charge in [0.05, 0.1) is 5.69 Å². The Balaban J connectivity index is 1.17. The molecule has 4 aromatic rings. The predicted molar refractivity (Wildman–Crippen MR) is 163 cm³/mol. The highest BCUT2D eigenvalue weighted by molar-refractivity contribution is 5.94. The lowest BCUT2D eigenvalue weighted by atomic mass is 10.1. The molecule has 4 heterocycles. The average molecular weight is 557 g/mol. The van der Waals surface area contributed by atoms with Crippen molar-refractivity contribution in [2.24, 2.45) is 7.05 Å². The van der Waals surface area contributed by atoms with E-state index in [9.17, 15) is 9.90 Å². The zero-order chi connectivity index (χ0) is 28.4. The monoisotopic (exact) mass is 556 g/mol.